The van der Waals surface area contributed by atoms with Gasteiger partial charge in [0.05, 0.1) is 13.8 Å². The topological polar surface area (TPSA) is 12.9 Å². The van der Waals surface area contributed by atoms with Crippen molar-refractivity contribution in [1.82, 2.24) is 4.75 Å². The van der Waals surface area contributed by atoms with Crippen molar-refractivity contribution in [1.29, 1.82) is 0 Å². The van der Waals surface area contributed by atoms with E-state index in [0.717, 1.165) is 0 Å². The van der Waals surface area contributed by atoms with Crippen LogP contribution in [0.25, 0.3) is 0 Å². The summed E-state index contributed by atoms with van der Waals surface area (Å²) in [4.78, 5) is 1.53. The van der Waals surface area contributed by atoms with Gasteiger partial charge in [0.1, 0.15) is 0 Å². The highest BCUT2D eigenvalue weighted by atomic mass is 31.0. The van der Waals surface area contributed by atoms with Crippen molar-refractivity contribution in [2.75, 3.05) is 0 Å². The third-order valence-corrected chi connectivity index (χ3v) is 6.90. The van der Waals surface area contributed by atoms with Crippen molar-refractivity contribution in [3.05, 3.63) is 17.8 Å². The van der Waals surface area contributed by atoms with Crippen molar-refractivity contribution in [2.24, 2.45) is 0 Å². The molecule has 1 nitrogen and oxygen atoms in total. The summed E-state index contributed by atoms with van der Waals surface area (Å²) >= 11 is 0. The van der Waals surface area contributed by atoms with Crippen LogP contribution in [-0.4, -0.2) is 12.8 Å². The van der Waals surface area contributed by atoms with Crippen LogP contribution >= 0.6 is 8.35 Å². The Balaban J connectivity index is 3.02. The Morgan fingerprint density at radius 3 is 2.00 bits per heavy atom. The predicted molar refractivity (Wildman–Crippen MR) is 68.4 cm³/mol. The van der Waals surface area contributed by atoms with Crippen LogP contribution in [0.1, 0.15) is 26.5 Å². The maximum absolute atomic E-state index is 4.65. The number of rotatable bonds is 1. The third-order valence-electron chi connectivity index (χ3n) is 2.20. The zero-order valence-corrected chi connectivity index (χ0v) is 11.9. The lowest BCUT2D eigenvalue weighted by Crippen LogP contribution is -2.35. The number of hydrogen-bond donors (Lipinski definition) is 0. The Kier molecular flexibility index (Phi) is 3.18. The molecule has 0 aliphatic heterocycles. The van der Waals surface area contributed by atoms with E-state index in [1.807, 2.05) is 0 Å². The molecule has 78 valence electrons. The average Bonchev–Trinajstić information content (AvgIpc) is 2.01. The van der Waals surface area contributed by atoms with E-state index in [4.69, 9.17) is 0 Å². The van der Waals surface area contributed by atoms with Crippen LogP contribution in [0.4, 0.5) is 0 Å². The lowest BCUT2D eigenvalue weighted by Gasteiger charge is -2.20. The standard InChI is InChI=1S/C11H20NPSi/c1-11(2,3)9-7-8-10(13-12-9)14(4,5)6/h7-8H,1-6H3. The van der Waals surface area contributed by atoms with Gasteiger partial charge in [-0.25, -0.2) is 4.75 Å². The molecule has 0 aliphatic rings. The van der Waals surface area contributed by atoms with Crippen LogP contribution in [-0.2, 0) is 5.41 Å². The molecule has 0 saturated heterocycles. The highest BCUT2D eigenvalue weighted by Crippen LogP contribution is 2.21. The lowest BCUT2D eigenvalue weighted by molar-refractivity contribution is 0.574. The Morgan fingerprint density at radius 2 is 1.71 bits per heavy atom. The Hall–Kier alpha value is -0.203. The Morgan fingerprint density at radius 1 is 1.14 bits per heavy atom. The molecule has 1 heterocycles. The SMILES string of the molecule is CC(C)(C)c1ccc([Si](C)(C)C)pn1. The molecule has 1 aromatic heterocycles. The summed E-state index contributed by atoms with van der Waals surface area (Å²) in [6, 6.07) is 4.49. The molecule has 0 spiro atoms. The lowest BCUT2D eigenvalue weighted by atomic mass is 9.92. The fourth-order valence-corrected chi connectivity index (χ4v) is 3.79. The Bertz CT molecular complexity index is 273. The minimum absolute atomic E-state index is 0.189. The quantitative estimate of drug-likeness (QED) is 0.667. The molecule has 0 saturated carbocycles. The van der Waals surface area contributed by atoms with Gasteiger partial charge in [0, 0.05) is 13.8 Å². The molecule has 0 unspecified atom stereocenters. The highest BCUT2D eigenvalue weighted by Gasteiger charge is 2.20. The molecule has 0 amide bonds. The molecule has 14 heavy (non-hydrogen) atoms. The minimum atomic E-state index is -1.13. The van der Waals surface area contributed by atoms with Gasteiger partial charge in [0.15, 0.2) is 0 Å². The van der Waals surface area contributed by atoms with E-state index < -0.39 is 8.07 Å². The summed E-state index contributed by atoms with van der Waals surface area (Å²) in [5.74, 6) is 0. The van der Waals surface area contributed by atoms with E-state index in [1.165, 1.54) is 19.0 Å². The molecule has 1 rings (SSSR count). The van der Waals surface area contributed by atoms with Crippen molar-refractivity contribution in [3.8, 4) is 0 Å². The van der Waals surface area contributed by atoms with Crippen LogP contribution in [0, 0.1) is 0 Å². The van der Waals surface area contributed by atoms with Crippen molar-refractivity contribution >= 4 is 21.3 Å². The van der Waals surface area contributed by atoms with Crippen molar-refractivity contribution in [3.63, 3.8) is 0 Å². The van der Waals surface area contributed by atoms with Crippen LogP contribution in [0.2, 0.25) is 19.6 Å². The monoisotopic (exact) mass is 225 g/mol. The van der Waals surface area contributed by atoms with E-state index in [-0.39, 0.29) is 5.41 Å². The first-order valence-electron chi connectivity index (χ1n) is 5.06. The number of aromatic nitrogens is 1. The molecule has 0 aliphatic carbocycles. The highest BCUT2D eigenvalue weighted by molar-refractivity contribution is 7.37. The molecule has 0 fully saturated rings. The molecule has 0 radical (unpaired) electrons. The van der Waals surface area contributed by atoms with E-state index in [1.54, 1.807) is 0 Å². The molecule has 0 bridgehead atoms. The molecule has 0 atom stereocenters. The van der Waals surface area contributed by atoms with Gasteiger partial charge >= 0.3 is 0 Å². The van der Waals surface area contributed by atoms with Gasteiger partial charge in [-0.1, -0.05) is 46.5 Å². The maximum atomic E-state index is 4.65. The fraction of sp³-hybridized carbons (Fsp3) is 0.636. The molecule has 0 N–H and O–H groups in total. The molecule has 3 heteroatoms. The van der Waals surface area contributed by atoms with Gasteiger partial charge in [-0.2, -0.15) is 0 Å². The first kappa shape index (κ1) is 11.9. The van der Waals surface area contributed by atoms with Crippen LogP contribution in [0.3, 0.4) is 0 Å². The largest absolute Gasteiger partial charge is 0.232 e. The smallest absolute Gasteiger partial charge is 0.0854 e. The zero-order chi connectivity index (χ0) is 11.0. The number of nitrogens with zero attached hydrogens (tertiary/aromatic N) is 1. The van der Waals surface area contributed by atoms with Gasteiger partial charge in [-0.05, 0) is 11.0 Å². The van der Waals surface area contributed by atoms with E-state index >= 15 is 0 Å². The van der Waals surface area contributed by atoms with Crippen LogP contribution in [0.15, 0.2) is 12.1 Å². The normalized spacial score (nSPS) is 13.6. The molecular formula is C11H20NPSi. The third kappa shape index (κ3) is 2.89. The summed E-state index contributed by atoms with van der Waals surface area (Å²) in [5.41, 5.74) is 1.41. The first-order chi connectivity index (χ1) is 6.21. The van der Waals surface area contributed by atoms with Crippen molar-refractivity contribution < 1.29 is 0 Å². The predicted octanol–water partition coefficient (Wildman–Crippen LogP) is 3.50. The first-order valence-corrected chi connectivity index (χ1v) is 9.41. The van der Waals surface area contributed by atoms with Gasteiger partial charge in [0.25, 0.3) is 0 Å². The van der Waals surface area contributed by atoms with Gasteiger partial charge in [0.2, 0.25) is 0 Å². The van der Waals surface area contributed by atoms with Gasteiger partial charge in [-0.3, -0.25) is 0 Å². The van der Waals surface area contributed by atoms with Crippen LogP contribution in [0.5, 0.6) is 0 Å². The number of hydrogen-bond acceptors (Lipinski definition) is 1. The summed E-state index contributed by atoms with van der Waals surface area (Å²) in [5, 5.41) is 0. The van der Waals surface area contributed by atoms with Gasteiger partial charge in [-0.15, -0.1) is 0 Å². The minimum Gasteiger partial charge on any atom is -0.232 e. The van der Waals surface area contributed by atoms with Crippen molar-refractivity contribution in [2.45, 2.75) is 45.8 Å². The van der Waals surface area contributed by atoms with E-state index in [9.17, 15) is 0 Å². The molecular weight excluding hydrogens is 205 g/mol. The second-order valence-corrected chi connectivity index (χ2v) is 12.1. The second kappa shape index (κ2) is 3.75. The summed E-state index contributed by atoms with van der Waals surface area (Å²) in [6.45, 7) is 13.8. The van der Waals surface area contributed by atoms with E-state index in [0.29, 0.717) is 0 Å². The average molecular weight is 225 g/mol. The zero-order valence-electron chi connectivity index (χ0n) is 10.0. The summed E-state index contributed by atoms with van der Waals surface area (Å²) in [6.07, 6.45) is 0. The fourth-order valence-electron chi connectivity index (χ4n) is 1.13. The Labute approximate surface area is 90.1 Å². The maximum Gasteiger partial charge on any atom is 0.0854 e. The molecule has 1 aromatic rings. The second-order valence-electron chi connectivity index (χ2n) is 5.80. The summed E-state index contributed by atoms with van der Waals surface area (Å²) in [7, 11) is 0.0465. The van der Waals surface area contributed by atoms with Crippen LogP contribution < -0.4 is 4.92 Å². The van der Waals surface area contributed by atoms with Gasteiger partial charge < -0.3 is 0 Å². The summed E-state index contributed by atoms with van der Waals surface area (Å²) < 4.78 is 4.65. The van der Waals surface area contributed by atoms with E-state index in [2.05, 4.69) is 57.3 Å². The molecule has 0 aromatic carbocycles.